The monoisotopic (exact) mass is 360 g/mol. The molecule has 2 aromatic rings. The average molecular weight is 361 g/mol. The average Bonchev–Trinajstić information content (AvgIpc) is 3.29. The molecule has 0 fully saturated rings. The first-order valence-electron chi connectivity index (χ1n) is 9.27. The number of hydrazone groups is 1. The number of amidine groups is 1. The smallest absolute Gasteiger partial charge is 0.123 e. The second kappa shape index (κ2) is 9.38. The molecule has 0 radical (unpaired) electrons. The van der Waals surface area contributed by atoms with Crippen LogP contribution < -0.4 is 11.3 Å². The highest BCUT2D eigenvalue weighted by Gasteiger charge is 2.16. The van der Waals surface area contributed by atoms with Gasteiger partial charge in [-0.05, 0) is 6.42 Å². The van der Waals surface area contributed by atoms with E-state index in [1.807, 2.05) is 31.3 Å². The number of hydrogen-bond donors (Lipinski definition) is 4. The number of likely N-dealkylation sites (N-methyl/N-ethyl adjacent to an activating group) is 1. The molecule has 2 atom stereocenters. The second-order valence-corrected chi connectivity index (χ2v) is 7.10. The summed E-state index contributed by atoms with van der Waals surface area (Å²) in [6.45, 7) is 12.0. The molecule has 2 unspecified atom stereocenters. The summed E-state index contributed by atoms with van der Waals surface area (Å²) in [6, 6.07) is 0. The van der Waals surface area contributed by atoms with Crippen LogP contribution in [0.15, 0.2) is 23.7 Å². The summed E-state index contributed by atoms with van der Waals surface area (Å²) in [7, 11) is 0. The molecule has 2 rings (SSSR count). The van der Waals surface area contributed by atoms with Crippen molar-refractivity contribution in [2.45, 2.75) is 52.9 Å². The van der Waals surface area contributed by atoms with E-state index in [2.05, 4.69) is 51.3 Å². The molecule has 144 valence electrons. The fraction of sp³-hybridized carbons (Fsp3) is 0.611. The van der Waals surface area contributed by atoms with Gasteiger partial charge in [0.1, 0.15) is 17.5 Å². The van der Waals surface area contributed by atoms with Crippen LogP contribution >= 0.6 is 0 Å². The van der Waals surface area contributed by atoms with Crippen molar-refractivity contribution in [3.05, 3.63) is 35.9 Å². The fourth-order valence-corrected chi connectivity index (χ4v) is 2.62. The minimum absolute atomic E-state index is 0.224. The fourth-order valence-electron chi connectivity index (χ4n) is 2.62. The van der Waals surface area contributed by atoms with Crippen LogP contribution in [0.25, 0.3) is 0 Å². The number of nitrogens with zero attached hydrogens (tertiary/aromatic N) is 4. The van der Waals surface area contributed by atoms with Crippen molar-refractivity contribution in [2.24, 2.45) is 16.8 Å². The third-order valence-corrected chi connectivity index (χ3v) is 4.42. The Labute approximate surface area is 155 Å². The van der Waals surface area contributed by atoms with Gasteiger partial charge in [0.25, 0.3) is 0 Å². The van der Waals surface area contributed by atoms with Crippen LogP contribution in [-0.4, -0.2) is 43.9 Å². The lowest BCUT2D eigenvalue weighted by Gasteiger charge is -2.23. The summed E-state index contributed by atoms with van der Waals surface area (Å²) in [5.74, 6) is 3.36. The zero-order valence-corrected chi connectivity index (χ0v) is 16.5. The van der Waals surface area contributed by atoms with Gasteiger partial charge >= 0.3 is 0 Å². The number of H-pyrrole nitrogens is 2. The normalized spacial score (nSPS) is 14.8. The standard InChI is InChI=1S/C18H32N8/c1-6-26(25-24-16(19)12(2)3)11-14(5)18-22-10-15(23-18)9-13(4)17-20-7-8-21-17/h7-8,10,12-14,25H,6,9,11H2,1-5H3,(H2,19,24)(H,20,21)(H,22,23). The molecule has 8 nitrogen and oxygen atoms in total. The van der Waals surface area contributed by atoms with Gasteiger partial charge in [-0.1, -0.05) is 34.6 Å². The van der Waals surface area contributed by atoms with Crippen molar-refractivity contribution in [1.82, 2.24) is 30.5 Å². The lowest BCUT2D eigenvalue weighted by Crippen LogP contribution is -2.39. The molecule has 0 aromatic carbocycles. The van der Waals surface area contributed by atoms with Crippen molar-refractivity contribution < 1.29 is 0 Å². The van der Waals surface area contributed by atoms with E-state index in [-0.39, 0.29) is 11.8 Å². The van der Waals surface area contributed by atoms with Crippen molar-refractivity contribution in [1.29, 1.82) is 0 Å². The lowest BCUT2D eigenvalue weighted by atomic mass is 10.1. The lowest BCUT2D eigenvalue weighted by molar-refractivity contribution is 0.190. The maximum absolute atomic E-state index is 5.89. The predicted octanol–water partition coefficient (Wildman–Crippen LogP) is 2.34. The molecule has 0 aliphatic heterocycles. The molecular formula is C18H32N8. The number of aromatic amines is 2. The Morgan fingerprint density at radius 1 is 1.23 bits per heavy atom. The van der Waals surface area contributed by atoms with Crippen LogP contribution in [0.5, 0.6) is 0 Å². The molecule has 0 aliphatic carbocycles. The number of nitrogens with one attached hydrogen (secondary N) is 3. The van der Waals surface area contributed by atoms with Gasteiger partial charge in [0.05, 0.1) is 0 Å². The van der Waals surface area contributed by atoms with E-state index in [4.69, 9.17) is 5.73 Å². The van der Waals surface area contributed by atoms with Crippen molar-refractivity contribution in [2.75, 3.05) is 13.1 Å². The van der Waals surface area contributed by atoms with E-state index in [0.29, 0.717) is 11.8 Å². The van der Waals surface area contributed by atoms with Crippen LogP contribution in [0.4, 0.5) is 0 Å². The van der Waals surface area contributed by atoms with E-state index >= 15 is 0 Å². The summed E-state index contributed by atoms with van der Waals surface area (Å²) in [4.78, 5) is 15.5. The largest absolute Gasteiger partial charge is 0.385 e. The molecule has 0 amide bonds. The first-order valence-corrected chi connectivity index (χ1v) is 9.27. The molecule has 0 aliphatic rings. The molecule has 8 heteroatoms. The first-order chi connectivity index (χ1) is 12.4. The van der Waals surface area contributed by atoms with Gasteiger partial charge in [0.15, 0.2) is 0 Å². The minimum atomic E-state index is 0.224. The van der Waals surface area contributed by atoms with Gasteiger partial charge in [-0.15, -0.1) is 0 Å². The summed E-state index contributed by atoms with van der Waals surface area (Å²) < 4.78 is 0. The van der Waals surface area contributed by atoms with E-state index in [1.165, 1.54) is 0 Å². The third-order valence-electron chi connectivity index (χ3n) is 4.42. The van der Waals surface area contributed by atoms with Gasteiger partial charge in [0, 0.05) is 55.1 Å². The number of hydrazine groups is 1. The number of aromatic nitrogens is 4. The Balaban J connectivity index is 1.91. The molecule has 0 bridgehead atoms. The predicted molar refractivity (Wildman–Crippen MR) is 105 cm³/mol. The topological polar surface area (TPSA) is 111 Å². The van der Waals surface area contributed by atoms with Crippen molar-refractivity contribution >= 4 is 5.84 Å². The van der Waals surface area contributed by atoms with E-state index in [0.717, 1.165) is 36.9 Å². The molecule has 2 aromatic heterocycles. The maximum atomic E-state index is 5.89. The zero-order chi connectivity index (χ0) is 19.1. The number of imidazole rings is 2. The molecule has 0 saturated heterocycles. The molecule has 26 heavy (non-hydrogen) atoms. The van der Waals surface area contributed by atoms with Gasteiger partial charge in [-0.3, -0.25) is 0 Å². The number of hydrogen-bond acceptors (Lipinski definition) is 5. The number of rotatable bonds is 10. The van der Waals surface area contributed by atoms with Crippen LogP contribution in [-0.2, 0) is 6.42 Å². The Kier molecular flexibility index (Phi) is 7.20. The first kappa shape index (κ1) is 20.0. The molecule has 2 heterocycles. The maximum Gasteiger partial charge on any atom is 0.123 e. The highest BCUT2D eigenvalue weighted by molar-refractivity contribution is 5.81. The van der Waals surface area contributed by atoms with Crippen LogP contribution in [0.2, 0.25) is 0 Å². The van der Waals surface area contributed by atoms with E-state index < -0.39 is 0 Å². The van der Waals surface area contributed by atoms with Crippen LogP contribution in [0.1, 0.15) is 63.8 Å². The van der Waals surface area contributed by atoms with Crippen LogP contribution in [0.3, 0.4) is 0 Å². The van der Waals surface area contributed by atoms with E-state index in [9.17, 15) is 0 Å². The quantitative estimate of drug-likeness (QED) is 0.295. The molecule has 0 spiro atoms. The van der Waals surface area contributed by atoms with Gasteiger partial charge in [-0.25, -0.2) is 20.5 Å². The highest BCUT2D eigenvalue weighted by atomic mass is 15.7. The van der Waals surface area contributed by atoms with Crippen LogP contribution in [0, 0.1) is 5.92 Å². The Morgan fingerprint density at radius 3 is 2.62 bits per heavy atom. The van der Waals surface area contributed by atoms with Crippen molar-refractivity contribution in [3.8, 4) is 0 Å². The highest BCUT2D eigenvalue weighted by Crippen LogP contribution is 2.18. The summed E-state index contributed by atoms with van der Waals surface area (Å²) in [6.07, 6.45) is 6.43. The zero-order valence-electron chi connectivity index (χ0n) is 16.5. The minimum Gasteiger partial charge on any atom is -0.385 e. The molecule has 5 N–H and O–H groups in total. The summed E-state index contributed by atoms with van der Waals surface area (Å²) in [5, 5.41) is 6.28. The third kappa shape index (κ3) is 5.59. The molecule has 0 saturated carbocycles. The van der Waals surface area contributed by atoms with Gasteiger partial charge < -0.3 is 15.7 Å². The summed E-state index contributed by atoms with van der Waals surface area (Å²) in [5.41, 5.74) is 10.1. The summed E-state index contributed by atoms with van der Waals surface area (Å²) >= 11 is 0. The molecular weight excluding hydrogens is 328 g/mol. The SMILES string of the molecule is CCN(CC(C)c1ncc(CC(C)c2ncc[nH]2)[nH]1)N/N=C(\N)C(C)C. The van der Waals surface area contributed by atoms with Gasteiger partial charge in [-0.2, -0.15) is 5.10 Å². The second-order valence-electron chi connectivity index (χ2n) is 7.10. The Hall–Kier alpha value is -2.35. The Morgan fingerprint density at radius 2 is 2.00 bits per heavy atom. The van der Waals surface area contributed by atoms with E-state index in [1.54, 1.807) is 6.20 Å². The Bertz CT molecular complexity index is 673. The van der Waals surface area contributed by atoms with Gasteiger partial charge in [0.2, 0.25) is 0 Å². The van der Waals surface area contributed by atoms with Crippen molar-refractivity contribution in [3.63, 3.8) is 0 Å². The number of nitrogens with two attached hydrogens (primary N) is 1.